The van der Waals surface area contributed by atoms with E-state index < -0.39 is 5.97 Å². The van der Waals surface area contributed by atoms with Crippen molar-refractivity contribution in [3.05, 3.63) is 46.8 Å². The molecular formula is C15H14N2O3. The minimum atomic E-state index is -1.09. The fourth-order valence-corrected chi connectivity index (χ4v) is 2.41. The molecule has 1 N–H and O–H groups in total. The van der Waals surface area contributed by atoms with E-state index in [4.69, 9.17) is 9.84 Å². The Morgan fingerprint density at radius 3 is 2.80 bits per heavy atom. The summed E-state index contributed by atoms with van der Waals surface area (Å²) in [7, 11) is 0. The van der Waals surface area contributed by atoms with Crippen molar-refractivity contribution in [1.82, 2.24) is 9.97 Å². The summed E-state index contributed by atoms with van der Waals surface area (Å²) in [4.78, 5) is 19.0. The second-order valence-corrected chi connectivity index (χ2v) is 4.87. The molecule has 2 aromatic rings. The molecule has 0 aliphatic heterocycles. The van der Waals surface area contributed by atoms with Gasteiger partial charge in [-0.3, -0.25) is 0 Å². The molecule has 5 nitrogen and oxygen atoms in total. The van der Waals surface area contributed by atoms with Crippen LogP contribution in [0.25, 0.3) is 0 Å². The van der Waals surface area contributed by atoms with Crippen molar-refractivity contribution < 1.29 is 14.6 Å². The predicted octanol–water partition coefficient (Wildman–Crippen LogP) is 2.76. The molecule has 0 radical (unpaired) electrons. The van der Waals surface area contributed by atoms with Gasteiger partial charge in [0.05, 0.1) is 0 Å². The molecule has 0 spiro atoms. The van der Waals surface area contributed by atoms with Crippen LogP contribution in [0.1, 0.15) is 33.7 Å². The SMILES string of the molecule is Cc1cc(C(=O)O)nc(Oc2ccc3c(c2)CCC3)n1. The number of carboxylic acid groups (broad SMARTS) is 1. The van der Waals surface area contributed by atoms with Gasteiger partial charge in [0, 0.05) is 5.69 Å². The number of carbonyl (C=O) groups is 1. The molecule has 0 fully saturated rings. The highest BCUT2D eigenvalue weighted by Crippen LogP contribution is 2.27. The number of hydrogen-bond donors (Lipinski definition) is 1. The molecule has 20 heavy (non-hydrogen) atoms. The van der Waals surface area contributed by atoms with E-state index in [0.717, 1.165) is 12.8 Å². The smallest absolute Gasteiger partial charge is 0.354 e. The number of nitrogens with zero attached hydrogens (tertiary/aromatic N) is 2. The summed E-state index contributed by atoms with van der Waals surface area (Å²) in [6.07, 6.45) is 3.34. The molecule has 0 atom stereocenters. The van der Waals surface area contributed by atoms with E-state index in [1.807, 2.05) is 18.2 Å². The van der Waals surface area contributed by atoms with Gasteiger partial charge < -0.3 is 9.84 Å². The number of aromatic carboxylic acids is 1. The van der Waals surface area contributed by atoms with Crippen molar-refractivity contribution >= 4 is 5.97 Å². The Morgan fingerprint density at radius 1 is 1.20 bits per heavy atom. The quantitative estimate of drug-likeness (QED) is 0.928. The summed E-state index contributed by atoms with van der Waals surface area (Å²) in [5, 5.41) is 8.98. The Bertz CT molecular complexity index is 683. The zero-order chi connectivity index (χ0) is 14.1. The molecule has 1 heterocycles. The van der Waals surface area contributed by atoms with Crippen molar-refractivity contribution in [3.8, 4) is 11.8 Å². The molecule has 5 heteroatoms. The second-order valence-electron chi connectivity index (χ2n) is 4.87. The largest absolute Gasteiger partial charge is 0.477 e. The van der Waals surface area contributed by atoms with E-state index in [-0.39, 0.29) is 11.7 Å². The Labute approximate surface area is 116 Å². The zero-order valence-corrected chi connectivity index (χ0v) is 11.1. The van der Waals surface area contributed by atoms with Gasteiger partial charge in [-0.2, -0.15) is 4.98 Å². The van der Waals surface area contributed by atoms with Crippen LogP contribution in [-0.4, -0.2) is 21.0 Å². The van der Waals surface area contributed by atoms with Crippen LogP contribution in [-0.2, 0) is 12.8 Å². The number of benzene rings is 1. The van der Waals surface area contributed by atoms with Gasteiger partial charge >= 0.3 is 12.0 Å². The fraction of sp³-hybridized carbons (Fsp3) is 0.267. The summed E-state index contributed by atoms with van der Waals surface area (Å²) in [6.45, 7) is 1.71. The van der Waals surface area contributed by atoms with Gasteiger partial charge in [-0.1, -0.05) is 6.07 Å². The van der Waals surface area contributed by atoms with Crippen molar-refractivity contribution in [1.29, 1.82) is 0 Å². The standard InChI is InChI=1S/C15H14N2O3/c1-9-7-13(14(18)19)17-15(16-9)20-12-6-5-10-3-2-4-11(10)8-12/h5-8H,2-4H2,1H3,(H,18,19). The Kier molecular flexibility index (Phi) is 3.10. The maximum atomic E-state index is 11.0. The minimum absolute atomic E-state index is 0.0614. The lowest BCUT2D eigenvalue weighted by molar-refractivity contribution is 0.0689. The Hall–Kier alpha value is -2.43. The van der Waals surface area contributed by atoms with Gasteiger partial charge in [0.15, 0.2) is 5.69 Å². The summed E-state index contributed by atoms with van der Waals surface area (Å²) in [5.74, 6) is -0.443. The Balaban J connectivity index is 1.89. The first-order valence-corrected chi connectivity index (χ1v) is 6.50. The third-order valence-electron chi connectivity index (χ3n) is 3.33. The summed E-state index contributed by atoms with van der Waals surface area (Å²) in [6, 6.07) is 7.38. The number of rotatable bonds is 3. The van der Waals surface area contributed by atoms with Gasteiger partial charge in [0.1, 0.15) is 5.75 Å². The number of carboxylic acids is 1. The highest BCUT2D eigenvalue weighted by Gasteiger charge is 2.13. The molecule has 0 saturated carbocycles. The third kappa shape index (κ3) is 2.47. The van der Waals surface area contributed by atoms with Crippen molar-refractivity contribution in [2.45, 2.75) is 26.2 Å². The number of aromatic nitrogens is 2. The van der Waals surface area contributed by atoms with Crippen LogP contribution >= 0.6 is 0 Å². The highest BCUT2D eigenvalue weighted by molar-refractivity contribution is 5.85. The molecule has 3 rings (SSSR count). The third-order valence-corrected chi connectivity index (χ3v) is 3.33. The Morgan fingerprint density at radius 2 is 2.00 bits per heavy atom. The normalized spacial score (nSPS) is 13.1. The lowest BCUT2D eigenvalue weighted by Crippen LogP contribution is -2.04. The van der Waals surface area contributed by atoms with E-state index in [1.54, 1.807) is 6.92 Å². The molecule has 1 aliphatic rings. The maximum absolute atomic E-state index is 11.0. The molecule has 102 valence electrons. The minimum Gasteiger partial charge on any atom is -0.477 e. The maximum Gasteiger partial charge on any atom is 0.354 e. The molecule has 1 aromatic heterocycles. The van der Waals surface area contributed by atoms with E-state index in [2.05, 4.69) is 9.97 Å². The molecule has 1 aliphatic carbocycles. The lowest BCUT2D eigenvalue weighted by atomic mass is 10.1. The molecular weight excluding hydrogens is 256 g/mol. The summed E-state index contributed by atoms with van der Waals surface area (Å²) >= 11 is 0. The lowest BCUT2D eigenvalue weighted by Gasteiger charge is -2.07. The van der Waals surface area contributed by atoms with E-state index in [9.17, 15) is 4.79 Å². The first kappa shape index (κ1) is 12.6. The fourth-order valence-electron chi connectivity index (χ4n) is 2.41. The summed E-state index contributed by atoms with van der Waals surface area (Å²) in [5.41, 5.74) is 3.14. The molecule has 1 aromatic carbocycles. The average Bonchev–Trinajstić information content (AvgIpc) is 2.85. The van der Waals surface area contributed by atoms with Crippen LogP contribution in [0, 0.1) is 6.92 Å². The van der Waals surface area contributed by atoms with Crippen LogP contribution in [0.2, 0.25) is 0 Å². The van der Waals surface area contributed by atoms with Gasteiger partial charge in [-0.25, -0.2) is 9.78 Å². The van der Waals surface area contributed by atoms with E-state index in [1.165, 1.54) is 23.6 Å². The van der Waals surface area contributed by atoms with Crippen LogP contribution < -0.4 is 4.74 Å². The first-order valence-electron chi connectivity index (χ1n) is 6.50. The number of fused-ring (bicyclic) bond motifs is 1. The van der Waals surface area contributed by atoms with Crippen molar-refractivity contribution in [3.63, 3.8) is 0 Å². The molecule has 0 saturated heterocycles. The average molecular weight is 270 g/mol. The van der Waals surface area contributed by atoms with Crippen molar-refractivity contribution in [2.24, 2.45) is 0 Å². The van der Waals surface area contributed by atoms with Crippen molar-refractivity contribution in [2.75, 3.05) is 0 Å². The number of hydrogen-bond acceptors (Lipinski definition) is 4. The van der Waals surface area contributed by atoms with Crippen LogP contribution in [0.4, 0.5) is 0 Å². The monoisotopic (exact) mass is 270 g/mol. The topological polar surface area (TPSA) is 72.3 Å². The highest BCUT2D eigenvalue weighted by atomic mass is 16.5. The van der Waals surface area contributed by atoms with Crippen LogP contribution in [0.5, 0.6) is 11.8 Å². The van der Waals surface area contributed by atoms with Gasteiger partial charge in [-0.05, 0) is 55.5 Å². The zero-order valence-electron chi connectivity index (χ0n) is 11.1. The van der Waals surface area contributed by atoms with Gasteiger partial charge in [0.2, 0.25) is 0 Å². The molecule has 0 amide bonds. The predicted molar refractivity (Wildman–Crippen MR) is 72.3 cm³/mol. The number of aryl methyl sites for hydroxylation is 3. The van der Waals surface area contributed by atoms with Gasteiger partial charge in [0.25, 0.3) is 0 Å². The molecule has 0 unspecified atom stereocenters. The van der Waals surface area contributed by atoms with Crippen LogP contribution in [0.15, 0.2) is 24.3 Å². The second kappa shape index (κ2) is 4.92. The number of ether oxygens (including phenoxy) is 1. The van der Waals surface area contributed by atoms with Gasteiger partial charge in [-0.15, -0.1) is 0 Å². The first-order chi connectivity index (χ1) is 9.61. The summed E-state index contributed by atoms with van der Waals surface area (Å²) < 4.78 is 5.59. The van der Waals surface area contributed by atoms with E-state index >= 15 is 0 Å². The van der Waals surface area contributed by atoms with Crippen LogP contribution in [0.3, 0.4) is 0 Å². The molecule has 0 bridgehead atoms. The van der Waals surface area contributed by atoms with E-state index in [0.29, 0.717) is 11.4 Å².